The standard InChI is InChI=1S/C17H20N2O4S/c1-10(2)16-15(11(3)19-23-16)17(22)18-13-6-4-5-12(7-13)8-24-9-14(20)21/h4-7,10H,8-9H2,1-3H3,(H,18,22)(H,20,21). The Morgan fingerprint density at radius 3 is 2.79 bits per heavy atom. The van der Waals surface area contributed by atoms with Crippen LogP contribution >= 0.6 is 11.8 Å². The Morgan fingerprint density at radius 2 is 2.12 bits per heavy atom. The number of carboxylic acids is 1. The van der Waals surface area contributed by atoms with Crippen LogP contribution in [0.3, 0.4) is 0 Å². The van der Waals surface area contributed by atoms with E-state index in [9.17, 15) is 9.59 Å². The van der Waals surface area contributed by atoms with Crippen LogP contribution in [0.2, 0.25) is 0 Å². The Morgan fingerprint density at radius 1 is 1.38 bits per heavy atom. The van der Waals surface area contributed by atoms with E-state index in [-0.39, 0.29) is 17.6 Å². The third-order valence-electron chi connectivity index (χ3n) is 3.32. The van der Waals surface area contributed by atoms with E-state index in [1.807, 2.05) is 32.0 Å². The molecule has 0 atom stereocenters. The monoisotopic (exact) mass is 348 g/mol. The number of thioether (sulfide) groups is 1. The maximum Gasteiger partial charge on any atom is 0.313 e. The fourth-order valence-corrected chi connectivity index (χ4v) is 2.94. The number of aromatic nitrogens is 1. The second kappa shape index (κ2) is 8.01. The van der Waals surface area contributed by atoms with Crippen LogP contribution in [-0.2, 0) is 10.5 Å². The molecule has 128 valence electrons. The van der Waals surface area contributed by atoms with Crippen LogP contribution in [0.4, 0.5) is 5.69 Å². The first-order valence-electron chi connectivity index (χ1n) is 7.54. The highest BCUT2D eigenvalue weighted by Gasteiger charge is 2.22. The lowest BCUT2D eigenvalue weighted by molar-refractivity contribution is -0.133. The minimum absolute atomic E-state index is 0.0498. The third kappa shape index (κ3) is 4.61. The molecule has 6 nitrogen and oxygen atoms in total. The molecule has 2 N–H and O–H groups in total. The number of carboxylic acid groups (broad SMARTS) is 1. The van der Waals surface area contributed by atoms with Crippen LogP contribution in [0, 0.1) is 6.92 Å². The van der Waals surface area contributed by atoms with Crippen LogP contribution in [0.25, 0.3) is 0 Å². The van der Waals surface area contributed by atoms with E-state index in [0.717, 1.165) is 5.56 Å². The minimum atomic E-state index is -0.839. The van der Waals surface area contributed by atoms with E-state index >= 15 is 0 Å². The number of amides is 1. The molecule has 0 aliphatic heterocycles. The molecule has 2 aromatic rings. The molecule has 0 saturated carbocycles. The molecule has 7 heteroatoms. The Kier molecular flexibility index (Phi) is 6.03. The van der Waals surface area contributed by atoms with Crippen molar-refractivity contribution in [3.63, 3.8) is 0 Å². The van der Waals surface area contributed by atoms with Crippen molar-refractivity contribution in [1.29, 1.82) is 0 Å². The van der Waals surface area contributed by atoms with Crippen molar-refractivity contribution in [2.75, 3.05) is 11.1 Å². The first-order valence-corrected chi connectivity index (χ1v) is 8.70. The molecule has 0 aliphatic carbocycles. The van der Waals surface area contributed by atoms with Gasteiger partial charge in [-0.1, -0.05) is 31.1 Å². The van der Waals surface area contributed by atoms with Gasteiger partial charge in [-0.3, -0.25) is 9.59 Å². The minimum Gasteiger partial charge on any atom is -0.481 e. The predicted octanol–water partition coefficient (Wildman–Crippen LogP) is 3.68. The third-order valence-corrected chi connectivity index (χ3v) is 4.31. The summed E-state index contributed by atoms with van der Waals surface area (Å²) in [5, 5.41) is 15.4. The molecule has 24 heavy (non-hydrogen) atoms. The Balaban J connectivity index is 2.09. The second-order valence-corrected chi connectivity index (χ2v) is 6.69. The van der Waals surface area contributed by atoms with E-state index in [4.69, 9.17) is 9.63 Å². The molecule has 1 aromatic carbocycles. The number of hydrogen-bond donors (Lipinski definition) is 2. The van der Waals surface area contributed by atoms with Gasteiger partial charge < -0.3 is 14.9 Å². The van der Waals surface area contributed by atoms with Gasteiger partial charge >= 0.3 is 5.97 Å². The van der Waals surface area contributed by atoms with Crippen molar-refractivity contribution in [3.05, 3.63) is 46.8 Å². The van der Waals surface area contributed by atoms with E-state index in [1.165, 1.54) is 11.8 Å². The summed E-state index contributed by atoms with van der Waals surface area (Å²) in [6, 6.07) is 7.36. The van der Waals surface area contributed by atoms with Gasteiger partial charge in [0.05, 0.1) is 11.4 Å². The highest BCUT2D eigenvalue weighted by Crippen LogP contribution is 2.24. The molecule has 0 aliphatic rings. The molecular weight excluding hydrogens is 328 g/mol. The molecule has 1 heterocycles. The van der Waals surface area contributed by atoms with E-state index in [2.05, 4.69) is 10.5 Å². The van der Waals surface area contributed by atoms with Crippen LogP contribution < -0.4 is 5.32 Å². The molecular formula is C17H20N2O4S. The number of aryl methyl sites for hydroxylation is 1. The average Bonchev–Trinajstić information content (AvgIpc) is 2.89. The van der Waals surface area contributed by atoms with Gasteiger partial charge in [0.2, 0.25) is 0 Å². The highest BCUT2D eigenvalue weighted by molar-refractivity contribution is 7.99. The maximum absolute atomic E-state index is 12.5. The fourth-order valence-electron chi connectivity index (χ4n) is 2.25. The van der Waals surface area contributed by atoms with Crippen LogP contribution in [0.15, 0.2) is 28.8 Å². The van der Waals surface area contributed by atoms with Gasteiger partial charge in [0, 0.05) is 17.4 Å². The number of rotatable bonds is 7. The van der Waals surface area contributed by atoms with Crippen molar-refractivity contribution < 1.29 is 19.2 Å². The van der Waals surface area contributed by atoms with Crippen molar-refractivity contribution in [3.8, 4) is 0 Å². The molecule has 1 amide bonds. The topological polar surface area (TPSA) is 92.4 Å². The molecule has 0 bridgehead atoms. The fraction of sp³-hybridized carbons (Fsp3) is 0.353. The molecule has 1 aromatic heterocycles. The highest BCUT2D eigenvalue weighted by atomic mass is 32.2. The quantitative estimate of drug-likeness (QED) is 0.793. The van der Waals surface area contributed by atoms with Gasteiger partial charge in [0.1, 0.15) is 5.56 Å². The second-order valence-electron chi connectivity index (χ2n) is 5.70. The zero-order chi connectivity index (χ0) is 17.7. The molecule has 0 unspecified atom stereocenters. The molecule has 0 saturated heterocycles. The number of nitrogens with zero attached hydrogens (tertiary/aromatic N) is 1. The summed E-state index contributed by atoms with van der Waals surface area (Å²) in [5.74, 6) is 0.151. The number of nitrogens with one attached hydrogen (secondary N) is 1. The van der Waals surface area contributed by atoms with Gasteiger partial charge in [-0.25, -0.2) is 0 Å². The van der Waals surface area contributed by atoms with Gasteiger partial charge in [-0.05, 0) is 24.6 Å². The summed E-state index contributed by atoms with van der Waals surface area (Å²) in [6.45, 7) is 5.62. The van der Waals surface area contributed by atoms with Crippen molar-refractivity contribution >= 4 is 29.3 Å². The smallest absolute Gasteiger partial charge is 0.313 e. The largest absolute Gasteiger partial charge is 0.481 e. The summed E-state index contributed by atoms with van der Waals surface area (Å²) in [4.78, 5) is 23.1. The number of benzene rings is 1. The van der Waals surface area contributed by atoms with E-state index < -0.39 is 5.97 Å². The van der Waals surface area contributed by atoms with Gasteiger partial charge in [-0.15, -0.1) is 11.8 Å². The lowest BCUT2D eigenvalue weighted by Gasteiger charge is -2.08. The van der Waals surface area contributed by atoms with Crippen molar-refractivity contribution in [1.82, 2.24) is 5.16 Å². The Bertz CT molecular complexity index is 740. The molecule has 0 fully saturated rings. The average molecular weight is 348 g/mol. The first-order chi connectivity index (χ1) is 11.4. The SMILES string of the molecule is Cc1noc(C(C)C)c1C(=O)Nc1cccc(CSCC(=O)O)c1. The van der Waals surface area contributed by atoms with Crippen molar-refractivity contribution in [2.24, 2.45) is 0 Å². The van der Waals surface area contributed by atoms with Gasteiger partial charge in [0.15, 0.2) is 5.76 Å². The zero-order valence-corrected chi connectivity index (χ0v) is 14.6. The van der Waals surface area contributed by atoms with Crippen molar-refractivity contribution in [2.45, 2.75) is 32.4 Å². The van der Waals surface area contributed by atoms with E-state index in [1.54, 1.807) is 13.0 Å². The van der Waals surface area contributed by atoms with Crippen LogP contribution in [0.5, 0.6) is 0 Å². The number of hydrogen-bond acceptors (Lipinski definition) is 5. The Labute approximate surface area is 144 Å². The van der Waals surface area contributed by atoms with Crippen LogP contribution in [0.1, 0.15) is 47.1 Å². The lowest BCUT2D eigenvalue weighted by Crippen LogP contribution is -2.15. The van der Waals surface area contributed by atoms with Gasteiger partial charge in [-0.2, -0.15) is 0 Å². The molecule has 0 radical (unpaired) electrons. The normalized spacial score (nSPS) is 10.8. The predicted molar refractivity (Wildman–Crippen MR) is 93.5 cm³/mol. The molecule has 0 spiro atoms. The summed E-state index contributed by atoms with van der Waals surface area (Å²) >= 11 is 1.31. The number of carbonyl (C=O) groups excluding carboxylic acids is 1. The summed E-state index contributed by atoms with van der Waals surface area (Å²) < 4.78 is 5.25. The van der Waals surface area contributed by atoms with Gasteiger partial charge in [0.25, 0.3) is 5.91 Å². The number of carbonyl (C=O) groups is 2. The summed E-state index contributed by atoms with van der Waals surface area (Å²) in [6.07, 6.45) is 0. The molecule has 2 rings (SSSR count). The Hall–Kier alpha value is -2.28. The number of aliphatic carboxylic acids is 1. The summed E-state index contributed by atoms with van der Waals surface area (Å²) in [7, 11) is 0. The first kappa shape index (κ1) is 18.1. The van der Waals surface area contributed by atoms with Crippen LogP contribution in [-0.4, -0.2) is 27.9 Å². The number of anilines is 1. The summed E-state index contributed by atoms with van der Waals surface area (Å²) in [5.41, 5.74) is 2.63. The lowest BCUT2D eigenvalue weighted by atomic mass is 10.0. The maximum atomic E-state index is 12.5. The zero-order valence-electron chi connectivity index (χ0n) is 13.8. The van der Waals surface area contributed by atoms with E-state index in [0.29, 0.717) is 28.5 Å².